The summed E-state index contributed by atoms with van der Waals surface area (Å²) in [4.78, 5) is 25.0. The lowest BCUT2D eigenvalue weighted by atomic mass is 9.94. The van der Waals surface area contributed by atoms with Crippen LogP contribution in [-0.4, -0.2) is 35.0 Å². The topological polar surface area (TPSA) is 81.4 Å². The van der Waals surface area contributed by atoms with Crippen molar-refractivity contribution in [1.82, 2.24) is 4.90 Å². The van der Waals surface area contributed by atoms with E-state index in [1.54, 1.807) is 12.1 Å². The molecule has 1 heterocycles. The Morgan fingerprint density at radius 2 is 1.91 bits per heavy atom. The highest BCUT2D eigenvalue weighted by Gasteiger charge is 2.23. The Bertz CT molecular complexity index is 581. The van der Waals surface area contributed by atoms with Gasteiger partial charge in [0, 0.05) is 19.5 Å². The summed E-state index contributed by atoms with van der Waals surface area (Å²) in [5, 5.41) is 18.2. The third kappa shape index (κ3) is 3.85. The van der Waals surface area contributed by atoms with Gasteiger partial charge in [0.2, 0.25) is 5.91 Å². The second-order valence-electron chi connectivity index (χ2n) is 5.88. The van der Waals surface area contributed by atoms with E-state index >= 15 is 0 Å². The Labute approximate surface area is 130 Å². The zero-order chi connectivity index (χ0) is 16.1. The molecule has 1 aliphatic heterocycles. The Hall–Kier alpha value is -2.35. The lowest BCUT2D eigenvalue weighted by Gasteiger charge is -2.30. The van der Waals surface area contributed by atoms with Gasteiger partial charge in [0.15, 0.2) is 0 Å². The fourth-order valence-corrected chi connectivity index (χ4v) is 2.66. The van der Waals surface area contributed by atoms with Gasteiger partial charge in [-0.1, -0.05) is 19.1 Å². The molecule has 1 saturated heterocycles. The molecule has 116 valence electrons. The Balaban J connectivity index is 2.01. The van der Waals surface area contributed by atoms with Crippen molar-refractivity contribution >= 4 is 11.9 Å². The highest BCUT2D eigenvalue weighted by Crippen LogP contribution is 2.23. The molecular weight excluding hydrogens is 280 g/mol. The second-order valence-corrected chi connectivity index (χ2v) is 5.88. The molecular formula is C17H20N2O3. The van der Waals surface area contributed by atoms with Gasteiger partial charge in [-0.05, 0) is 36.5 Å². The predicted octanol–water partition coefficient (Wildman–Crippen LogP) is 2.64. The molecule has 2 rings (SSSR count). The first-order valence-corrected chi connectivity index (χ1v) is 7.52. The number of carboxylic acids is 1. The molecule has 1 N–H and O–H groups in total. The summed E-state index contributed by atoms with van der Waals surface area (Å²) >= 11 is 0. The number of hydrogen-bond donors (Lipinski definition) is 1. The molecule has 1 aliphatic rings. The molecule has 0 saturated carbocycles. The van der Waals surface area contributed by atoms with Crippen LogP contribution in [0.3, 0.4) is 0 Å². The van der Waals surface area contributed by atoms with Crippen LogP contribution in [0, 0.1) is 17.2 Å². The van der Waals surface area contributed by atoms with E-state index < -0.39 is 11.9 Å². The summed E-state index contributed by atoms with van der Waals surface area (Å²) in [6.45, 7) is 3.70. The third-order valence-electron chi connectivity index (χ3n) is 4.23. The number of nitriles is 1. The van der Waals surface area contributed by atoms with Gasteiger partial charge in [-0.2, -0.15) is 5.26 Å². The molecule has 5 heteroatoms. The number of aromatic carboxylic acids is 1. The summed E-state index contributed by atoms with van der Waals surface area (Å²) in [6, 6.07) is 8.31. The maximum atomic E-state index is 12.3. The smallest absolute Gasteiger partial charge is 0.335 e. The van der Waals surface area contributed by atoms with E-state index in [4.69, 9.17) is 5.11 Å². The van der Waals surface area contributed by atoms with Crippen molar-refractivity contribution in [3.63, 3.8) is 0 Å². The molecule has 0 spiro atoms. The fourth-order valence-electron chi connectivity index (χ4n) is 2.66. The molecule has 22 heavy (non-hydrogen) atoms. The molecule has 5 nitrogen and oxygen atoms in total. The number of rotatable bonds is 4. The SMILES string of the molecule is CC1CCN(C(=O)CC(C#N)c2ccc(C(=O)O)cc2)CC1. The van der Waals surface area contributed by atoms with Crippen molar-refractivity contribution in [3.05, 3.63) is 35.4 Å². The number of amides is 1. The lowest BCUT2D eigenvalue weighted by Crippen LogP contribution is -2.38. The number of piperidine rings is 1. The average Bonchev–Trinajstić information content (AvgIpc) is 2.53. The third-order valence-corrected chi connectivity index (χ3v) is 4.23. The minimum Gasteiger partial charge on any atom is -0.478 e. The van der Waals surface area contributed by atoms with Crippen molar-refractivity contribution in [1.29, 1.82) is 5.26 Å². The zero-order valence-electron chi connectivity index (χ0n) is 12.7. The van der Waals surface area contributed by atoms with Crippen LogP contribution in [0.1, 0.15) is 48.0 Å². The molecule has 1 fully saturated rings. The fraction of sp³-hybridized carbons (Fsp3) is 0.471. The van der Waals surface area contributed by atoms with Crippen molar-refractivity contribution in [2.24, 2.45) is 5.92 Å². The molecule has 1 aromatic carbocycles. The van der Waals surface area contributed by atoms with Crippen LogP contribution in [0.5, 0.6) is 0 Å². The number of carboxylic acid groups (broad SMARTS) is 1. The van der Waals surface area contributed by atoms with E-state index in [0.717, 1.165) is 25.9 Å². The van der Waals surface area contributed by atoms with Crippen LogP contribution in [0.15, 0.2) is 24.3 Å². The number of nitrogens with zero attached hydrogens (tertiary/aromatic N) is 2. The van der Waals surface area contributed by atoms with E-state index in [-0.39, 0.29) is 17.9 Å². The Morgan fingerprint density at radius 1 is 1.32 bits per heavy atom. The van der Waals surface area contributed by atoms with E-state index in [0.29, 0.717) is 11.5 Å². The summed E-state index contributed by atoms with van der Waals surface area (Å²) in [6.07, 6.45) is 2.17. The number of benzene rings is 1. The van der Waals surface area contributed by atoms with Gasteiger partial charge in [-0.3, -0.25) is 4.79 Å². The molecule has 1 unspecified atom stereocenters. The van der Waals surface area contributed by atoms with E-state index in [9.17, 15) is 14.9 Å². The minimum atomic E-state index is -1.00. The van der Waals surface area contributed by atoms with Crippen molar-refractivity contribution in [2.45, 2.75) is 32.1 Å². The lowest BCUT2D eigenvalue weighted by molar-refractivity contribution is -0.132. The van der Waals surface area contributed by atoms with Crippen LogP contribution in [0.4, 0.5) is 0 Å². The molecule has 1 atom stereocenters. The van der Waals surface area contributed by atoms with Crippen LogP contribution in [0.25, 0.3) is 0 Å². The van der Waals surface area contributed by atoms with Crippen molar-refractivity contribution in [3.8, 4) is 6.07 Å². The monoisotopic (exact) mass is 300 g/mol. The second kappa shape index (κ2) is 7.08. The number of carbonyl (C=O) groups excluding carboxylic acids is 1. The average molecular weight is 300 g/mol. The number of hydrogen-bond acceptors (Lipinski definition) is 3. The highest BCUT2D eigenvalue weighted by atomic mass is 16.4. The molecule has 0 bridgehead atoms. The molecule has 0 aliphatic carbocycles. The van der Waals surface area contributed by atoms with Gasteiger partial charge in [-0.25, -0.2) is 4.79 Å². The molecule has 1 amide bonds. The van der Waals surface area contributed by atoms with Crippen molar-refractivity contribution in [2.75, 3.05) is 13.1 Å². The van der Waals surface area contributed by atoms with E-state index in [1.807, 2.05) is 4.90 Å². The standard InChI is InChI=1S/C17H20N2O3/c1-12-6-8-19(9-7-12)16(20)10-15(11-18)13-2-4-14(5-3-13)17(21)22/h2-5,12,15H,6-10H2,1H3,(H,21,22). The van der Waals surface area contributed by atoms with Crippen LogP contribution in [0.2, 0.25) is 0 Å². The maximum absolute atomic E-state index is 12.3. The van der Waals surface area contributed by atoms with E-state index in [1.165, 1.54) is 12.1 Å². The first kappa shape index (κ1) is 16.0. The molecule has 1 aromatic rings. The van der Waals surface area contributed by atoms with E-state index in [2.05, 4.69) is 13.0 Å². The van der Waals surface area contributed by atoms with Crippen LogP contribution >= 0.6 is 0 Å². The summed E-state index contributed by atoms with van der Waals surface area (Å²) in [5.74, 6) is -0.881. The van der Waals surface area contributed by atoms with Gasteiger partial charge < -0.3 is 10.0 Å². The maximum Gasteiger partial charge on any atom is 0.335 e. The quantitative estimate of drug-likeness (QED) is 0.926. The first-order chi connectivity index (χ1) is 10.5. The van der Waals surface area contributed by atoms with Crippen LogP contribution < -0.4 is 0 Å². The Morgan fingerprint density at radius 3 is 2.41 bits per heavy atom. The van der Waals surface area contributed by atoms with Crippen molar-refractivity contribution < 1.29 is 14.7 Å². The predicted molar refractivity (Wildman–Crippen MR) is 81.4 cm³/mol. The van der Waals surface area contributed by atoms with Gasteiger partial charge >= 0.3 is 5.97 Å². The summed E-state index contributed by atoms with van der Waals surface area (Å²) < 4.78 is 0. The molecule has 0 aromatic heterocycles. The Kier molecular flexibility index (Phi) is 5.16. The highest BCUT2D eigenvalue weighted by molar-refractivity contribution is 5.87. The van der Waals surface area contributed by atoms with Gasteiger partial charge in [-0.15, -0.1) is 0 Å². The molecule has 0 radical (unpaired) electrons. The minimum absolute atomic E-state index is 0.000705. The summed E-state index contributed by atoms with van der Waals surface area (Å²) in [7, 11) is 0. The largest absolute Gasteiger partial charge is 0.478 e. The van der Waals surface area contributed by atoms with Gasteiger partial charge in [0.1, 0.15) is 0 Å². The van der Waals surface area contributed by atoms with Gasteiger partial charge in [0.05, 0.1) is 17.6 Å². The zero-order valence-corrected chi connectivity index (χ0v) is 12.7. The normalized spacial score (nSPS) is 16.8. The first-order valence-electron chi connectivity index (χ1n) is 7.52. The number of likely N-dealkylation sites (tertiary alicyclic amines) is 1. The van der Waals surface area contributed by atoms with Crippen LogP contribution in [-0.2, 0) is 4.79 Å². The number of carbonyl (C=O) groups is 2. The van der Waals surface area contributed by atoms with Gasteiger partial charge in [0.25, 0.3) is 0 Å². The summed E-state index contributed by atoms with van der Waals surface area (Å²) in [5.41, 5.74) is 0.864.